The lowest BCUT2D eigenvalue weighted by Gasteiger charge is -2.19. The van der Waals surface area contributed by atoms with E-state index in [0.29, 0.717) is 23.5 Å². The minimum Gasteiger partial charge on any atom is -0.492 e. The molecule has 0 aromatic heterocycles. The van der Waals surface area contributed by atoms with Gasteiger partial charge in [0.2, 0.25) is 11.6 Å². The summed E-state index contributed by atoms with van der Waals surface area (Å²) in [5.41, 5.74) is 2.89. The molecule has 1 atom stereocenters. The van der Waals surface area contributed by atoms with Crippen molar-refractivity contribution in [3.63, 3.8) is 0 Å². The lowest BCUT2D eigenvalue weighted by atomic mass is 9.82. The summed E-state index contributed by atoms with van der Waals surface area (Å²) in [6.07, 6.45) is 0. The zero-order chi connectivity index (χ0) is 14.7. The Bertz CT molecular complexity index is 858. The number of fused-ring (bicyclic) bond motifs is 4. The smallest absolute Gasteiger partial charge is 0.234 e. The van der Waals surface area contributed by atoms with Crippen molar-refractivity contribution in [2.75, 3.05) is 6.61 Å². The van der Waals surface area contributed by atoms with Gasteiger partial charge in [0.05, 0.1) is 12.2 Å². The number of carbonyl (C=O) groups excluding carboxylic acids is 2. The molecule has 1 aliphatic carbocycles. The third-order valence-corrected chi connectivity index (χ3v) is 4.42. The predicted octanol–water partition coefficient (Wildman–Crippen LogP) is 3.29. The molecular formula is C18H14O3. The first-order valence-corrected chi connectivity index (χ1v) is 7.08. The molecule has 2 aromatic rings. The summed E-state index contributed by atoms with van der Waals surface area (Å²) in [5, 5.41) is 1.84. The monoisotopic (exact) mass is 278 g/mol. The van der Waals surface area contributed by atoms with Crippen molar-refractivity contribution in [3.05, 3.63) is 52.6 Å². The van der Waals surface area contributed by atoms with E-state index < -0.39 is 11.6 Å². The number of ketones is 2. The molecule has 0 radical (unpaired) electrons. The minimum absolute atomic E-state index is 0.0159. The third-order valence-electron chi connectivity index (χ3n) is 4.42. The van der Waals surface area contributed by atoms with Crippen molar-refractivity contribution in [2.45, 2.75) is 13.8 Å². The van der Waals surface area contributed by atoms with Gasteiger partial charge in [-0.15, -0.1) is 0 Å². The number of aryl methyl sites for hydroxylation is 1. The van der Waals surface area contributed by atoms with Crippen LogP contribution < -0.4 is 0 Å². The number of ether oxygens (including phenoxy) is 1. The topological polar surface area (TPSA) is 43.4 Å². The third kappa shape index (κ3) is 1.49. The molecule has 104 valence electrons. The van der Waals surface area contributed by atoms with Crippen LogP contribution >= 0.6 is 0 Å². The van der Waals surface area contributed by atoms with Gasteiger partial charge in [-0.2, -0.15) is 0 Å². The van der Waals surface area contributed by atoms with E-state index in [9.17, 15) is 9.59 Å². The number of hydrogen-bond donors (Lipinski definition) is 0. The summed E-state index contributed by atoms with van der Waals surface area (Å²) in [6.45, 7) is 4.39. The van der Waals surface area contributed by atoms with Crippen molar-refractivity contribution in [3.8, 4) is 0 Å². The average molecular weight is 278 g/mol. The van der Waals surface area contributed by atoms with E-state index in [0.717, 1.165) is 21.9 Å². The van der Waals surface area contributed by atoms with Gasteiger partial charge in [0.25, 0.3) is 0 Å². The van der Waals surface area contributed by atoms with Crippen LogP contribution in [0.4, 0.5) is 0 Å². The molecule has 3 nitrogen and oxygen atoms in total. The van der Waals surface area contributed by atoms with Crippen LogP contribution in [-0.2, 0) is 9.53 Å². The van der Waals surface area contributed by atoms with Crippen LogP contribution in [0.3, 0.4) is 0 Å². The number of benzene rings is 2. The predicted molar refractivity (Wildman–Crippen MR) is 80.1 cm³/mol. The second kappa shape index (κ2) is 4.04. The van der Waals surface area contributed by atoms with Crippen molar-refractivity contribution in [2.24, 2.45) is 5.92 Å². The Balaban J connectivity index is 2.13. The van der Waals surface area contributed by atoms with Crippen molar-refractivity contribution in [1.82, 2.24) is 0 Å². The maximum atomic E-state index is 12.6. The summed E-state index contributed by atoms with van der Waals surface area (Å²) in [6, 6.07) is 9.72. The highest BCUT2D eigenvalue weighted by molar-refractivity contribution is 6.54. The number of hydrogen-bond acceptors (Lipinski definition) is 3. The normalized spacial score (nSPS) is 20.6. The molecule has 0 saturated heterocycles. The van der Waals surface area contributed by atoms with Crippen LogP contribution in [0.1, 0.15) is 28.4 Å². The van der Waals surface area contributed by atoms with Crippen LogP contribution in [0, 0.1) is 12.8 Å². The van der Waals surface area contributed by atoms with Crippen molar-refractivity contribution in [1.29, 1.82) is 0 Å². The molecule has 4 rings (SSSR count). The lowest BCUT2D eigenvalue weighted by Crippen LogP contribution is -2.25. The molecule has 0 unspecified atom stereocenters. The molecule has 1 aliphatic heterocycles. The maximum absolute atomic E-state index is 12.6. The number of Topliss-reactive ketones (excluding diaryl/α,β-unsaturated/α-hetero) is 2. The number of rotatable bonds is 0. The molecule has 2 aliphatic rings. The van der Waals surface area contributed by atoms with Gasteiger partial charge >= 0.3 is 0 Å². The highest BCUT2D eigenvalue weighted by atomic mass is 16.5. The molecule has 21 heavy (non-hydrogen) atoms. The van der Waals surface area contributed by atoms with E-state index in [1.165, 1.54) is 0 Å². The Hall–Kier alpha value is -2.42. The highest BCUT2D eigenvalue weighted by Crippen LogP contribution is 2.41. The van der Waals surface area contributed by atoms with Gasteiger partial charge in [0.1, 0.15) is 5.76 Å². The molecule has 3 heteroatoms. The van der Waals surface area contributed by atoms with Crippen LogP contribution in [-0.4, -0.2) is 18.2 Å². The maximum Gasteiger partial charge on any atom is 0.234 e. The van der Waals surface area contributed by atoms with Crippen LogP contribution in [0.15, 0.2) is 35.9 Å². The Morgan fingerprint density at radius 1 is 1.05 bits per heavy atom. The Morgan fingerprint density at radius 2 is 1.86 bits per heavy atom. The molecule has 0 spiro atoms. The lowest BCUT2D eigenvalue weighted by molar-refractivity contribution is -0.112. The second-order valence-corrected chi connectivity index (χ2v) is 5.77. The Kier molecular flexibility index (Phi) is 2.37. The summed E-state index contributed by atoms with van der Waals surface area (Å²) < 4.78 is 5.70. The molecule has 0 amide bonds. The van der Waals surface area contributed by atoms with Gasteiger partial charge in [-0.1, -0.05) is 31.2 Å². The quantitative estimate of drug-likeness (QED) is 0.694. The van der Waals surface area contributed by atoms with Crippen molar-refractivity contribution >= 4 is 28.1 Å². The Morgan fingerprint density at radius 3 is 2.67 bits per heavy atom. The summed E-state index contributed by atoms with van der Waals surface area (Å²) >= 11 is 0. The molecule has 1 heterocycles. The standard InChI is InChI=1S/C18H14O3/c1-9-4-3-5-12-11(9)6-7-13-15(12)17(20)16(19)14-10(2)8-21-18(13)14/h3-7,10H,8H2,1-2H3/t10-/m1/s1. The zero-order valence-corrected chi connectivity index (χ0v) is 11.9. The summed E-state index contributed by atoms with van der Waals surface area (Å²) in [4.78, 5) is 25.0. The van der Waals surface area contributed by atoms with E-state index in [2.05, 4.69) is 0 Å². The van der Waals surface area contributed by atoms with Gasteiger partial charge in [-0.05, 0) is 29.3 Å². The van der Waals surface area contributed by atoms with Crippen LogP contribution in [0.25, 0.3) is 16.5 Å². The first-order valence-electron chi connectivity index (χ1n) is 7.08. The molecule has 2 aromatic carbocycles. The SMILES string of the molecule is Cc1cccc2c3c(ccc12)C1=C(C(=O)C3=O)[C@H](C)CO1. The van der Waals surface area contributed by atoms with Crippen LogP contribution in [0.2, 0.25) is 0 Å². The summed E-state index contributed by atoms with van der Waals surface area (Å²) in [5.74, 6) is -0.225. The van der Waals surface area contributed by atoms with Crippen molar-refractivity contribution < 1.29 is 14.3 Å². The van der Waals surface area contributed by atoms with Gasteiger partial charge < -0.3 is 4.74 Å². The van der Waals surface area contributed by atoms with E-state index in [4.69, 9.17) is 4.74 Å². The van der Waals surface area contributed by atoms with Gasteiger partial charge in [-0.3, -0.25) is 9.59 Å². The minimum atomic E-state index is -0.406. The first kappa shape index (κ1) is 12.3. The molecule has 0 bridgehead atoms. The van der Waals surface area contributed by atoms with Crippen LogP contribution in [0.5, 0.6) is 0 Å². The molecule has 0 N–H and O–H groups in total. The first-order chi connectivity index (χ1) is 10.1. The molecular weight excluding hydrogens is 264 g/mol. The van der Waals surface area contributed by atoms with E-state index in [-0.39, 0.29) is 5.92 Å². The average Bonchev–Trinajstić information content (AvgIpc) is 2.86. The fourth-order valence-corrected chi connectivity index (χ4v) is 3.33. The fourth-order valence-electron chi connectivity index (χ4n) is 3.33. The number of carbonyl (C=O) groups is 2. The Labute approximate surface area is 122 Å². The highest BCUT2D eigenvalue weighted by Gasteiger charge is 2.40. The fraction of sp³-hybridized carbons (Fsp3) is 0.222. The van der Waals surface area contributed by atoms with E-state index in [1.54, 1.807) is 0 Å². The second-order valence-electron chi connectivity index (χ2n) is 5.77. The zero-order valence-electron chi connectivity index (χ0n) is 11.9. The largest absolute Gasteiger partial charge is 0.492 e. The van der Waals surface area contributed by atoms with E-state index >= 15 is 0 Å². The molecule has 0 fully saturated rings. The van der Waals surface area contributed by atoms with Gasteiger partial charge in [-0.25, -0.2) is 0 Å². The molecule has 0 saturated carbocycles. The van der Waals surface area contributed by atoms with E-state index in [1.807, 2.05) is 44.2 Å². The van der Waals surface area contributed by atoms with Gasteiger partial charge in [0, 0.05) is 17.0 Å². The van der Waals surface area contributed by atoms with Gasteiger partial charge in [0.15, 0.2) is 0 Å². The summed E-state index contributed by atoms with van der Waals surface area (Å²) in [7, 11) is 0.